The van der Waals surface area contributed by atoms with Crippen LogP contribution in [-0.4, -0.2) is 55.4 Å². The molecule has 0 radical (unpaired) electrons. The molecule has 0 bridgehead atoms. The lowest BCUT2D eigenvalue weighted by atomic mass is 10.1. The Morgan fingerprint density at radius 1 is 1.40 bits per heavy atom. The molecule has 1 aliphatic rings. The molecule has 0 saturated carbocycles. The van der Waals surface area contributed by atoms with Gasteiger partial charge < -0.3 is 20.3 Å². The molecule has 0 aromatic heterocycles. The Morgan fingerprint density at radius 2 is 2.15 bits per heavy atom. The van der Waals surface area contributed by atoms with Crippen LogP contribution < -0.4 is 10.5 Å². The summed E-state index contributed by atoms with van der Waals surface area (Å²) < 4.78 is 10.8. The number of morpholine rings is 1. The number of aromatic carboxylic acids is 1. The van der Waals surface area contributed by atoms with Crippen LogP contribution >= 0.6 is 0 Å². The Balaban J connectivity index is 1.82. The summed E-state index contributed by atoms with van der Waals surface area (Å²) in [5, 5.41) is 9.12. The van der Waals surface area contributed by atoms with Crippen molar-refractivity contribution in [3.63, 3.8) is 0 Å². The maximum atomic E-state index is 11.1. The number of nitrogens with zero attached hydrogens (tertiary/aromatic N) is 1. The zero-order valence-electron chi connectivity index (χ0n) is 11.4. The van der Waals surface area contributed by atoms with Gasteiger partial charge in [0, 0.05) is 25.3 Å². The highest BCUT2D eigenvalue weighted by Crippen LogP contribution is 2.24. The number of nitrogens with two attached hydrogens (primary N) is 1. The third-order valence-corrected chi connectivity index (χ3v) is 3.25. The zero-order valence-corrected chi connectivity index (χ0v) is 11.4. The zero-order chi connectivity index (χ0) is 14.4. The minimum atomic E-state index is -1.06. The summed E-state index contributed by atoms with van der Waals surface area (Å²) in [5.41, 5.74) is 5.93. The predicted octanol–water partition coefficient (Wildman–Crippen LogP) is 1.07. The smallest absolute Gasteiger partial charge is 0.341 e. The standard InChI is InChI=1S/C14H20N2O4/c15-11-3-1-4-12(13(11)14(17)18)20-8-2-5-16-6-9-19-10-7-16/h1,3-4H,2,5-10,15H2,(H,17,18). The number of carboxylic acid groups (broad SMARTS) is 1. The minimum absolute atomic E-state index is 0.0406. The molecule has 2 rings (SSSR count). The fraction of sp³-hybridized carbons (Fsp3) is 0.500. The molecule has 0 atom stereocenters. The fourth-order valence-electron chi connectivity index (χ4n) is 2.19. The topological polar surface area (TPSA) is 85.0 Å². The largest absolute Gasteiger partial charge is 0.493 e. The maximum Gasteiger partial charge on any atom is 0.341 e. The van der Waals surface area contributed by atoms with Crippen LogP contribution in [0, 0.1) is 0 Å². The third-order valence-electron chi connectivity index (χ3n) is 3.25. The molecule has 6 nitrogen and oxygen atoms in total. The number of carbonyl (C=O) groups is 1. The van der Waals surface area contributed by atoms with Gasteiger partial charge >= 0.3 is 5.97 Å². The van der Waals surface area contributed by atoms with Crippen LogP contribution in [-0.2, 0) is 4.74 Å². The van der Waals surface area contributed by atoms with Crippen LogP contribution in [0.3, 0.4) is 0 Å². The molecule has 1 heterocycles. The highest BCUT2D eigenvalue weighted by atomic mass is 16.5. The Bertz CT molecular complexity index is 458. The quantitative estimate of drug-likeness (QED) is 0.599. The van der Waals surface area contributed by atoms with E-state index in [1.165, 1.54) is 0 Å². The first-order valence-corrected chi connectivity index (χ1v) is 6.73. The van der Waals surface area contributed by atoms with E-state index in [-0.39, 0.29) is 11.3 Å². The maximum absolute atomic E-state index is 11.1. The Hall–Kier alpha value is -1.79. The molecular formula is C14H20N2O4. The van der Waals surface area contributed by atoms with Crippen molar-refractivity contribution in [3.8, 4) is 5.75 Å². The first-order chi connectivity index (χ1) is 9.68. The molecule has 1 aliphatic heterocycles. The van der Waals surface area contributed by atoms with Crippen molar-refractivity contribution in [1.82, 2.24) is 4.90 Å². The molecule has 0 amide bonds. The molecule has 20 heavy (non-hydrogen) atoms. The lowest BCUT2D eigenvalue weighted by molar-refractivity contribution is 0.0357. The minimum Gasteiger partial charge on any atom is -0.493 e. The number of carboxylic acids is 1. The van der Waals surface area contributed by atoms with Crippen LogP contribution in [0.15, 0.2) is 18.2 Å². The van der Waals surface area contributed by atoms with E-state index in [2.05, 4.69) is 4.90 Å². The summed E-state index contributed by atoms with van der Waals surface area (Å²) >= 11 is 0. The SMILES string of the molecule is Nc1cccc(OCCCN2CCOCC2)c1C(=O)O. The average molecular weight is 280 g/mol. The monoisotopic (exact) mass is 280 g/mol. The number of benzene rings is 1. The molecule has 3 N–H and O–H groups in total. The van der Waals surface area contributed by atoms with Gasteiger partial charge in [-0.25, -0.2) is 4.79 Å². The second kappa shape index (κ2) is 7.12. The van der Waals surface area contributed by atoms with Crippen molar-refractivity contribution in [2.24, 2.45) is 0 Å². The van der Waals surface area contributed by atoms with E-state index < -0.39 is 5.97 Å². The molecule has 1 aromatic rings. The van der Waals surface area contributed by atoms with Gasteiger partial charge in [0.1, 0.15) is 11.3 Å². The summed E-state index contributed by atoms with van der Waals surface area (Å²) in [5.74, 6) is -0.731. The number of nitrogen functional groups attached to an aromatic ring is 1. The van der Waals surface area contributed by atoms with Gasteiger partial charge in [-0.15, -0.1) is 0 Å². The van der Waals surface area contributed by atoms with Gasteiger partial charge in [0.25, 0.3) is 0 Å². The van der Waals surface area contributed by atoms with Crippen molar-refractivity contribution < 1.29 is 19.4 Å². The summed E-state index contributed by atoms with van der Waals surface area (Å²) in [6.07, 6.45) is 0.841. The van der Waals surface area contributed by atoms with Crippen molar-refractivity contribution in [2.75, 3.05) is 45.2 Å². The Kier molecular flexibility index (Phi) is 5.20. The van der Waals surface area contributed by atoms with Gasteiger partial charge in [-0.3, -0.25) is 4.90 Å². The Morgan fingerprint density at radius 3 is 2.85 bits per heavy atom. The van der Waals surface area contributed by atoms with E-state index in [0.29, 0.717) is 12.4 Å². The van der Waals surface area contributed by atoms with E-state index in [0.717, 1.165) is 39.3 Å². The van der Waals surface area contributed by atoms with Crippen molar-refractivity contribution >= 4 is 11.7 Å². The second-order valence-electron chi connectivity index (χ2n) is 4.68. The molecule has 6 heteroatoms. The second-order valence-corrected chi connectivity index (χ2v) is 4.68. The van der Waals surface area contributed by atoms with Crippen LogP contribution in [0.2, 0.25) is 0 Å². The molecule has 1 aromatic carbocycles. The van der Waals surface area contributed by atoms with Crippen LogP contribution in [0.4, 0.5) is 5.69 Å². The molecule has 1 fully saturated rings. The number of rotatable bonds is 6. The average Bonchev–Trinajstić information content (AvgIpc) is 2.44. The van der Waals surface area contributed by atoms with Crippen LogP contribution in [0.25, 0.3) is 0 Å². The summed E-state index contributed by atoms with van der Waals surface area (Å²) in [7, 11) is 0. The summed E-state index contributed by atoms with van der Waals surface area (Å²) in [6.45, 7) is 4.84. The number of hydrogen-bond donors (Lipinski definition) is 2. The number of anilines is 1. The summed E-state index contributed by atoms with van der Waals surface area (Å²) in [4.78, 5) is 13.5. The third kappa shape index (κ3) is 3.85. The van der Waals surface area contributed by atoms with Gasteiger partial charge in [-0.05, 0) is 18.6 Å². The van der Waals surface area contributed by atoms with Crippen molar-refractivity contribution in [2.45, 2.75) is 6.42 Å². The normalized spacial score (nSPS) is 16.0. The Labute approximate surface area is 118 Å². The molecule has 1 saturated heterocycles. The lowest BCUT2D eigenvalue weighted by Crippen LogP contribution is -2.37. The molecule has 0 spiro atoms. The van der Waals surface area contributed by atoms with E-state index in [9.17, 15) is 4.79 Å². The molecule has 0 unspecified atom stereocenters. The number of hydrogen-bond acceptors (Lipinski definition) is 5. The molecule has 0 aliphatic carbocycles. The summed E-state index contributed by atoms with van der Waals surface area (Å²) in [6, 6.07) is 4.89. The lowest BCUT2D eigenvalue weighted by Gasteiger charge is -2.26. The highest BCUT2D eigenvalue weighted by Gasteiger charge is 2.15. The van der Waals surface area contributed by atoms with Gasteiger partial charge in [0.05, 0.1) is 19.8 Å². The fourth-order valence-corrected chi connectivity index (χ4v) is 2.19. The van der Waals surface area contributed by atoms with E-state index in [1.807, 2.05) is 0 Å². The molecular weight excluding hydrogens is 260 g/mol. The van der Waals surface area contributed by atoms with Crippen molar-refractivity contribution in [1.29, 1.82) is 0 Å². The van der Waals surface area contributed by atoms with E-state index >= 15 is 0 Å². The van der Waals surface area contributed by atoms with Crippen LogP contribution in [0.5, 0.6) is 5.75 Å². The van der Waals surface area contributed by atoms with Gasteiger partial charge in [0.15, 0.2) is 0 Å². The highest BCUT2D eigenvalue weighted by molar-refractivity contribution is 5.96. The van der Waals surface area contributed by atoms with Crippen LogP contribution in [0.1, 0.15) is 16.8 Å². The van der Waals surface area contributed by atoms with Gasteiger partial charge in [-0.2, -0.15) is 0 Å². The predicted molar refractivity (Wildman–Crippen MR) is 75.2 cm³/mol. The molecule has 110 valence electrons. The van der Waals surface area contributed by atoms with E-state index in [4.69, 9.17) is 20.3 Å². The van der Waals surface area contributed by atoms with Gasteiger partial charge in [-0.1, -0.05) is 6.07 Å². The van der Waals surface area contributed by atoms with E-state index in [1.54, 1.807) is 18.2 Å². The van der Waals surface area contributed by atoms with Gasteiger partial charge in [0.2, 0.25) is 0 Å². The van der Waals surface area contributed by atoms with Crippen molar-refractivity contribution in [3.05, 3.63) is 23.8 Å². The first-order valence-electron chi connectivity index (χ1n) is 6.73. The number of ether oxygens (including phenoxy) is 2. The first kappa shape index (κ1) is 14.6.